The molecule has 0 saturated carbocycles. The SMILES string of the molecule is CC(C)(O)c1cc(-c2nc(N(CCc3ccc(F)cc3)C(=O)O)nc(=O)[nH]2)ccc1Cl. The van der Waals surface area contributed by atoms with E-state index in [1.807, 2.05) is 0 Å². The third-order valence-corrected chi connectivity index (χ3v) is 4.88. The fourth-order valence-electron chi connectivity index (χ4n) is 2.95. The van der Waals surface area contributed by atoms with Crippen molar-refractivity contribution in [3.63, 3.8) is 0 Å². The van der Waals surface area contributed by atoms with Crippen molar-refractivity contribution in [3.8, 4) is 11.4 Å². The molecule has 3 aromatic rings. The van der Waals surface area contributed by atoms with E-state index in [1.165, 1.54) is 12.1 Å². The fraction of sp³-hybridized carbons (Fsp3) is 0.238. The van der Waals surface area contributed by atoms with E-state index in [0.29, 0.717) is 21.7 Å². The molecule has 162 valence electrons. The molecule has 0 saturated heterocycles. The molecule has 0 atom stereocenters. The number of aromatic amines is 1. The molecule has 3 N–H and O–H groups in total. The number of nitrogens with one attached hydrogen (secondary N) is 1. The zero-order chi connectivity index (χ0) is 22.8. The number of benzene rings is 2. The molecule has 2 aromatic carbocycles. The number of hydrogen-bond acceptors (Lipinski definition) is 5. The molecular weight excluding hydrogens is 427 g/mol. The Hall–Kier alpha value is -3.30. The highest BCUT2D eigenvalue weighted by Crippen LogP contribution is 2.31. The third-order valence-electron chi connectivity index (χ3n) is 4.55. The highest BCUT2D eigenvalue weighted by atomic mass is 35.5. The molecule has 1 aromatic heterocycles. The van der Waals surface area contributed by atoms with Crippen molar-refractivity contribution in [2.24, 2.45) is 0 Å². The Labute approximate surface area is 182 Å². The number of carbonyl (C=O) groups is 1. The summed E-state index contributed by atoms with van der Waals surface area (Å²) in [5, 5.41) is 20.3. The smallest absolute Gasteiger partial charge is 0.414 e. The topological polar surface area (TPSA) is 119 Å². The maximum absolute atomic E-state index is 13.1. The monoisotopic (exact) mass is 446 g/mol. The van der Waals surface area contributed by atoms with Crippen LogP contribution in [-0.2, 0) is 12.0 Å². The van der Waals surface area contributed by atoms with Crippen molar-refractivity contribution in [3.05, 3.63) is 74.9 Å². The molecular formula is C21H20ClFN4O4. The van der Waals surface area contributed by atoms with Gasteiger partial charge in [-0.25, -0.2) is 18.9 Å². The molecule has 1 amide bonds. The molecule has 0 bridgehead atoms. The van der Waals surface area contributed by atoms with E-state index in [1.54, 1.807) is 44.2 Å². The largest absolute Gasteiger partial charge is 0.465 e. The van der Waals surface area contributed by atoms with E-state index in [2.05, 4.69) is 15.0 Å². The van der Waals surface area contributed by atoms with Crippen LogP contribution in [0, 0.1) is 5.82 Å². The van der Waals surface area contributed by atoms with Gasteiger partial charge in [-0.2, -0.15) is 9.97 Å². The van der Waals surface area contributed by atoms with E-state index in [-0.39, 0.29) is 24.7 Å². The van der Waals surface area contributed by atoms with Crippen LogP contribution in [0.5, 0.6) is 0 Å². The average Bonchev–Trinajstić information content (AvgIpc) is 2.68. The van der Waals surface area contributed by atoms with Gasteiger partial charge in [0.2, 0.25) is 5.95 Å². The van der Waals surface area contributed by atoms with E-state index >= 15 is 0 Å². The van der Waals surface area contributed by atoms with Crippen LogP contribution >= 0.6 is 11.6 Å². The van der Waals surface area contributed by atoms with Crippen LogP contribution in [0.2, 0.25) is 5.02 Å². The first-order valence-corrected chi connectivity index (χ1v) is 9.68. The van der Waals surface area contributed by atoms with Gasteiger partial charge in [-0.05, 0) is 56.2 Å². The summed E-state index contributed by atoms with van der Waals surface area (Å²) in [7, 11) is 0. The number of aliphatic hydroxyl groups is 1. The Bertz CT molecular complexity index is 1160. The second kappa shape index (κ2) is 8.83. The number of amides is 1. The number of aromatic nitrogens is 3. The first-order chi connectivity index (χ1) is 14.5. The van der Waals surface area contributed by atoms with Crippen LogP contribution < -0.4 is 10.6 Å². The molecule has 0 aliphatic heterocycles. The summed E-state index contributed by atoms with van der Waals surface area (Å²) in [5.41, 5.74) is -0.478. The Morgan fingerprint density at radius 1 is 1.19 bits per heavy atom. The minimum absolute atomic E-state index is 0.0423. The highest BCUT2D eigenvalue weighted by molar-refractivity contribution is 6.31. The molecule has 0 radical (unpaired) electrons. The van der Waals surface area contributed by atoms with Crippen molar-refractivity contribution in [2.45, 2.75) is 25.9 Å². The van der Waals surface area contributed by atoms with E-state index in [0.717, 1.165) is 4.90 Å². The summed E-state index contributed by atoms with van der Waals surface area (Å²) in [6.07, 6.45) is -1.08. The summed E-state index contributed by atoms with van der Waals surface area (Å²) in [4.78, 5) is 35.1. The van der Waals surface area contributed by atoms with Gasteiger partial charge in [0.25, 0.3) is 0 Å². The molecule has 0 unspecified atom stereocenters. The zero-order valence-corrected chi connectivity index (χ0v) is 17.5. The second-order valence-electron chi connectivity index (χ2n) is 7.37. The number of H-pyrrole nitrogens is 1. The van der Waals surface area contributed by atoms with E-state index in [9.17, 15) is 24.2 Å². The molecule has 0 aliphatic carbocycles. The Kier molecular flexibility index (Phi) is 6.37. The Morgan fingerprint density at radius 3 is 2.48 bits per heavy atom. The first-order valence-electron chi connectivity index (χ1n) is 9.30. The molecule has 0 fully saturated rings. The van der Waals surface area contributed by atoms with E-state index in [4.69, 9.17) is 11.6 Å². The fourth-order valence-corrected chi connectivity index (χ4v) is 3.29. The van der Waals surface area contributed by atoms with Gasteiger partial charge >= 0.3 is 11.8 Å². The lowest BCUT2D eigenvalue weighted by atomic mass is 9.96. The average molecular weight is 447 g/mol. The number of halogens is 2. The van der Waals surface area contributed by atoms with Crippen molar-refractivity contribution in [1.82, 2.24) is 15.0 Å². The zero-order valence-electron chi connectivity index (χ0n) is 16.8. The van der Waals surface area contributed by atoms with Gasteiger partial charge in [-0.1, -0.05) is 23.7 Å². The number of nitrogens with zero attached hydrogens (tertiary/aromatic N) is 3. The summed E-state index contributed by atoms with van der Waals surface area (Å²) in [6, 6.07) is 10.4. The van der Waals surface area contributed by atoms with Crippen molar-refractivity contribution in [2.75, 3.05) is 11.4 Å². The molecule has 0 spiro atoms. The lowest BCUT2D eigenvalue weighted by molar-refractivity contribution is 0.0787. The number of rotatable bonds is 6. The van der Waals surface area contributed by atoms with Crippen LogP contribution in [-0.4, -0.2) is 37.8 Å². The lowest BCUT2D eigenvalue weighted by Gasteiger charge is -2.20. The normalized spacial score (nSPS) is 11.4. The van der Waals surface area contributed by atoms with Gasteiger partial charge < -0.3 is 10.2 Å². The number of carboxylic acid groups (broad SMARTS) is 1. The molecule has 10 heteroatoms. The maximum atomic E-state index is 13.1. The number of hydrogen-bond donors (Lipinski definition) is 3. The quantitative estimate of drug-likeness (QED) is 0.532. The molecule has 8 nitrogen and oxygen atoms in total. The summed E-state index contributed by atoms with van der Waals surface area (Å²) < 4.78 is 13.1. The Balaban J connectivity index is 1.95. The molecule has 1 heterocycles. The standard InChI is InChI=1S/C21H20ClFN4O4/c1-21(2,31)15-11-13(5-8-16(15)22)17-24-18(26-19(28)25-17)27(20(29)30)10-9-12-3-6-14(23)7-4-12/h3-8,11,31H,9-10H2,1-2H3,(H,29,30)(H,24,25,26,28). The highest BCUT2D eigenvalue weighted by Gasteiger charge is 2.22. The first kappa shape index (κ1) is 22.4. The summed E-state index contributed by atoms with van der Waals surface area (Å²) in [6.45, 7) is 3.08. The van der Waals surface area contributed by atoms with Gasteiger partial charge in [0, 0.05) is 22.7 Å². The predicted molar refractivity (Wildman–Crippen MR) is 114 cm³/mol. The van der Waals surface area contributed by atoms with Crippen LogP contribution in [0.25, 0.3) is 11.4 Å². The predicted octanol–water partition coefficient (Wildman–Crippen LogP) is 3.58. The van der Waals surface area contributed by atoms with Gasteiger partial charge in [-0.15, -0.1) is 0 Å². The van der Waals surface area contributed by atoms with Crippen molar-refractivity contribution >= 4 is 23.6 Å². The third kappa shape index (κ3) is 5.44. The van der Waals surface area contributed by atoms with Crippen LogP contribution in [0.15, 0.2) is 47.3 Å². The van der Waals surface area contributed by atoms with Crippen LogP contribution in [0.1, 0.15) is 25.0 Å². The minimum atomic E-state index is -1.34. The van der Waals surface area contributed by atoms with Gasteiger partial charge in [0.15, 0.2) is 0 Å². The Morgan fingerprint density at radius 2 is 1.87 bits per heavy atom. The minimum Gasteiger partial charge on any atom is -0.465 e. The number of anilines is 1. The summed E-state index contributed by atoms with van der Waals surface area (Å²) in [5.74, 6) is -0.617. The van der Waals surface area contributed by atoms with Crippen LogP contribution in [0.3, 0.4) is 0 Å². The van der Waals surface area contributed by atoms with Crippen molar-refractivity contribution in [1.29, 1.82) is 0 Å². The lowest BCUT2D eigenvalue weighted by Crippen LogP contribution is -2.35. The molecule has 3 rings (SSSR count). The summed E-state index contributed by atoms with van der Waals surface area (Å²) >= 11 is 6.16. The van der Waals surface area contributed by atoms with Crippen LogP contribution in [0.4, 0.5) is 15.1 Å². The second-order valence-corrected chi connectivity index (χ2v) is 7.77. The van der Waals surface area contributed by atoms with Gasteiger partial charge in [0.1, 0.15) is 11.6 Å². The maximum Gasteiger partial charge on any atom is 0.414 e. The van der Waals surface area contributed by atoms with Gasteiger partial charge in [-0.3, -0.25) is 4.98 Å². The van der Waals surface area contributed by atoms with E-state index < -0.39 is 23.2 Å². The molecule has 31 heavy (non-hydrogen) atoms. The molecule has 0 aliphatic rings. The van der Waals surface area contributed by atoms with Crippen molar-refractivity contribution < 1.29 is 19.4 Å². The van der Waals surface area contributed by atoms with Gasteiger partial charge in [0.05, 0.1) is 5.60 Å².